The number of aliphatic hydroxyl groups excluding tert-OH is 1. The number of furan rings is 1. The first kappa shape index (κ1) is 14.5. The van der Waals surface area contributed by atoms with E-state index in [1.54, 1.807) is 6.07 Å². The summed E-state index contributed by atoms with van der Waals surface area (Å²) < 4.78 is 30.5. The quantitative estimate of drug-likeness (QED) is 0.706. The van der Waals surface area contributed by atoms with Crippen molar-refractivity contribution in [2.75, 3.05) is 13.7 Å². The summed E-state index contributed by atoms with van der Waals surface area (Å²) in [5.74, 6) is 0.868. The van der Waals surface area contributed by atoms with Gasteiger partial charge in [-0.1, -0.05) is 6.42 Å². The SMILES string of the molecule is CNS(=O)(=O)c1ccc(CNC2CCCC2CO)o1. The fourth-order valence-electron chi connectivity index (χ4n) is 2.45. The van der Waals surface area contributed by atoms with E-state index in [0.29, 0.717) is 12.3 Å². The Morgan fingerprint density at radius 1 is 1.42 bits per heavy atom. The number of sulfonamides is 1. The van der Waals surface area contributed by atoms with Gasteiger partial charge in [-0.05, 0) is 37.9 Å². The second kappa shape index (κ2) is 6.04. The van der Waals surface area contributed by atoms with E-state index in [4.69, 9.17) is 4.42 Å². The van der Waals surface area contributed by atoms with Gasteiger partial charge in [0.25, 0.3) is 10.0 Å². The van der Waals surface area contributed by atoms with Crippen molar-refractivity contribution in [2.24, 2.45) is 5.92 Å². The van der Waals surface area contributed by atoms with Crippen molar-refractivity contribution in [1.82, 2.24) is 10.0 Å². The second-order valence-electron chi connectivity index (χ2n) is 4.79. The first-order valence-electron chi connectivity index (χ1n) is 6.43. The highest BCUT2D eigenvalue weighted by Crippen LogP contribution is 2.25. The maximum Gasteiger partial charge on any atom is 0.273 e. The summed E-state index contributed by atoms with van der Waals surface area (Å²) >= 11 is 0. The maximum absolute atomic E-state index is 11.5. The molecule has 1 aromatic rings. The maximum atomic E-state index is 11.5. The molecular formula is C12H20N2O4S. The van der Waals surface area contributed by atoms with Crippen molar-refractivity contribution in [3.63, 3.8) is 0 Å². The lowest BCUT2D eigenvalue weighted by atomic mass is 10.1. The van der Waals surface area contributed by atoms with Gasteiger partial charge < -0.3 is 14.8 Å². The van der Waals surface area contributed by atoms with Gasteiger partial charge >= 0.3 is 0 Å². The standard InChI is InChI=1S/C12H20N2O4S/c1-13-19(16,17)12-6-5-10(18-12)7-14-11-4-2-3-9(11)8-15/h5-6,9,11,13-15H,2-4,7-8H2,1H3. The van der Waals surface area contributed by atoms with E-state index >= 15 is 0 Å². The monoisotopic (exact) mass is 288 g/mol. The fourth-order valence-corrected chi connectivity index (χ4v) is 3.12. The van der Waals surface area contributed by atoms with Crippen LogP contribution in [-0.2, 0) is 16.6 Å². The van der Waals surface area contributed by atoms with Gasteiger partial charge in [-0.25, -0.2) is 13.1 Å². The lowest BCUT2D eigenvalue weighted by Crippen LogP contribution is -2.33. The Labute approximate surface area is 113 Å². The largest absolute Gasteiger partial charge is 0.447 e. The number of aliphatic hydroxyl groups is 1. The molecule has 3 N–H and O–H groups in total. The molecule has 0 saturated heterocycles. The van der Waals surface area contributed by atoms with Crippen molar-refractivity contribution in [2.45, 2.75) is 36.9 Å². The molecule has 0 spiro atoms. The number of hydrogen-bond donors (Lipinski definition) is 3. The normalized spacial score (nSPS) is 23.9. The molecule has 1 aromatic heterocycles. The summed E-state index contributed by atoms with van der Waals surface area (Å²) in [6.07, 6.45) is 3.18. The number of rotatable bonds is 6. The van der Waals surface area contributed by atoms with E-state index in [1.807, 2.05) is 0 Å². The predicted molar refractivity (Wildman–Crippen MR) is 70.0 cm³/mol. The van der Waals surface area contributed by atoms with Crippen LogP contribution in [0.4, 0.5) is 0 Å². The molecule has 0 aliphatic heterocycles. The molecule has 1 aliphatic rings. The molecule has 0 aromatic carbocycles. The van der Waals surface area contributed by atoms with Crippen molar-refractivity contribution >= 4 is 10.0 Å². The highest BCUT2D eigenvalue weighted by atomic mass is 32.2. The van der Waals surface area contributed by atoms with Crippen molar-refractivity contribution in [3.8, 4) is 0 Å². The minimum Gasteiger partial charge on any atom is -0.447 e. The summed E-state index contributed by atoms with van der Waals surface area (Å²) in [5.41, 5.74) is 0. The molecule has 1 heterocycles. The van der Waals surface area contributed by atoms with E-state index in [2.05, 4.69) is 10.0 Å². The van der Waals surface area contributed by atoms with E-state index in [9.17, 15) is 13.5 Å². The molecule has 6 nitrogen and oxygen atoms in total. The molecule has 1 aliphatic carbocycles. The molecular weight excluding hydrogens is 268 g/mol. The van der Waals surface area contributed by atoms with Crippen molar-refractivity contribution < 1.29 is 17.9 Å². The zero-order chi connectivity index (χ0) is 13.9. The topological polar surface area (TPSA) is 91.6 Å². The molecule has 2 atom stereocenters. The third kappa shape index (κ3) is 3.36. The van der Waals surface area contributed by atoms with Gasteiger partial charge in [-0.15, -0.1) is 0 Å². The molecule has 1 fully saturated rings. The Morgan fingerprint density at radius 2 is 2.21 bits per heavy atom. The Balaban J connectivity index is 1.94. The summed E-state index contributed by atoms with van der Waals surface area (Å²) in [4.78, 5) is 0. The van der Waals surface area contributed by atoms with Crippen molar-refractivity contribution in [1.29, 1.82) is 0 Å². The van der Waals surface area contributed by atoms with Crippen LogP contribution in [0.15, 0.2) is 21.6 Å². The van der Waals surface area contributed by atoms with E-state index < -0.39 is 10.0 Å². The Morgan fingerprint density at radius 3 is 2.89 bits per heavy atom. The first-order chi connectivity index (χ1) is 9.06. The summed E-state index contributed by atoms with van der Waals surface area (Å²) in [6.45, 7) is 0.662. The summed E-state index contributed by atoms with van der Waals surface area (Å²) in [6, 6.07) is 3.38. The van der Waals surface area contributed by atoms with Crippen LogP contribution < -0.4 is 10.0 Å². The van der Waals surface area contributed by atoms with Crippen molar-refractivity contribution in [3.05, 3.63) is 17.9 Å². The molecule has 19 heavy (non-hydrogen) atoms. The van der Waals surface area contributed by atoms with Crippen LogP contribution in [0, 0.1) is 5.92 Å². The van der Waals surface area contributed by atoms with Gasteiger partial charge in [0.1, 0.15) is 5.76 Å². The molecule has 0 bridgehead atoms. The zero-order valence-corrected chi connectivity index (χ0v) is 11.7. The average molecular weight is 288 g/mol. The van der Waals surface area contributed by atoms with Gasteiger partial charge in [0.05, 0.1) is 6.54 Å². The molecule has 2 rings (SSSR count). The van der Waals surface area contributed by atoms with Crippen LogP contribution in [0.2, 0.25) is 0 Å². The lowest BCUT2D eigenvalue weighted by molar-refractivity contribution is 0.203. The third-order valence-corrected chi connectivity index (χ3v) is 4.89. The minimum absolute atomic E-state index is 0.0723. The van der Waals surface area contributed by atoms with E-state index in [0.717, 1.165) is 19.3 Å². The lowest BCUT2D eigenvalue weighted by Gasteiger charge is -2.18. The number of nitrogens with one attached hydrogen (secondary N) is 2. The number of hydrogen-bond acceptors (Lipinski definition) is 5. The molecule has 2 unspecified atom stereocenters. The van der Waals surface area contributed by atoms with Crippen LogP contribution in [0.1, 0.15) is 25.0 Å². The van der Waals surface area contributed by atoms with Gasteiger partial charge in [-0.2, -0.15) is 0 Å². The smallest absolute Gasteiger partial charge is 0.273 e. The molecule has 1 saturated carbocycles. The highest BCUT2D eigenvalue weighted by molar-refractivity contribution is 7.89. The highest BCUT2D eigenvalue weighted by Gasteiger charge is 2.26. The van der Waals surface area contributed by atoms with Crippen LogP contribution >= 0.6 is 0 Å². The van der Waals surface area contributed by atoms with Gasteiger partial charge in [0.2, 0.25) is 5.09 Å². The van der Waals surface area contributed by atoms with Gasteiger partial charge in [0, 0.05) is 12.6 Å². The van der Waals surface area contributed by atoms with Gasteiger partial charge in [-0.3, -0.25) is 0 Å². The molecule has 108 valence electrons. The Bertz CT molecular complexity index is 512. The minimum atomic E-state index is -3.51. The summed E-state index contributed by atoms with van der Waals surface area (Å²) in [7, 11) is -2.17. The molecule has 0 radical (unpaired) electrons. The second-order valence-corrected chi connectivity index (χ2v) is 6.61. The van der Waals surface area contributed by atoms with Crippen LogP contribution in [0.3, 0.4) is 0 Å². The van der Waals surface area contributed by atoms with Crippen LogP contribution in [-0.4, -0.2) is 33.2 Å². The van der Waals surface area contributed by atoms with Crippen LogP contribution in [0.5, 0.6) is 0 Å². The molecule has 7 heteroatoms. The van der Waals surface area contributed by atoms with Crippen LogP contribution in [0.25, 0.3) is 0 Å². The Hall–Kier alpha value is -0.890. The first-order valence-corrected chi connectivity index (χ1v) is 7.91. The third-order valence-electron chi connectivity index (χ3n) is 3.60. The average Bonchev–Trinajstić information content (AvgIpc) is 3.05. The molecule has 0 amide bonds. The summed E-state index contributed by atoms with van der Waals surface area (Å²) in [5, 5.41) is 12.5. The zero-order valence-electron chi connectivity index (χ0n) is 10.9. The Kier molecular flexibility index (Phi) is 4.62. The van der Waals surface area contributed by atoms with E-state index in [-0.39, 0.29) is 23.7 Å². The van der Waals surface area contributed by atoms with E-state index in [1.165, 1.54) is 13.1 Å². The predicted octanol–water partition coefficient (Wildman–Crippen LogP) is 0.438. The van der Waals surface area contributed by atoms with Gasteiger partial charge in [0.15, 0.2) is 0 Å². The fraction of sp³-hybridized carbons (Fsp3) is 0.667.